The van der Waals surface area contributed by atoms with Gasteiger partial charge in [0.05, 0.1) is 5.75 Å². The van der Waals surface area contributed by atoms with E-state index in [9.17, 15) is 8.42 Å². The summed E-state index contributed by atoms with van der Waals surface area (Å²) >= 11 is 0. The second kappa shape index (κ2) is 9.35. The number of nitrogens with zero attached hydrogens (tertiary/aromatic N) is 1. The van der Waals surface area contributed by atoms with Gasteiger partial charge in [0, 0.05) is 19.6 Å². The van der Waals surface area contributed by atoms with E-state index in [2.05, 4.69) is 40.8 Å². The van der Waals surface area contributed by atoms with Gasteiger partial charge in [0.25, 0.3) is 0 Å². The number of sulfonamides is 1. The minimum absolute atomic E-state index is 0.0340. The van der Waals surface area contributed by atoms with E-state index in [-0.39, 0.29) is 12.4 Å². The second-order valence-corrected chi connectivity index (χ2v) is 8.94. The first kappa shape index (κ1) is 19.9. The average Bonchev–Trinajstić information content (AvgIpc) is 3.11. The first-order valence-electron chi connectivity index (χ1n) is 9.46. The van der Waals surface area contributed by atoms with Crippen molar-refractivity contribution in [1.29, 1.82) is 0 Å². The number of benzene rings is 2. The minimum Gasteiger partial charge on any atom is -0.492 e. The summed E-state index contributed by atoms with van der Waals surface area (Å²) in [5.41, 5.74) is 2.75. The van der Waals surface area contributed by atoms with Crippen molar-refractivity contribution < 1.29 is 13.2 Å². The van der Waals surface area contributed by atoms with Crippen molar-refractivity contribution in [2.75, 3.05) is 38.5 Å². The predicted octanol–water partition coefficient (Wildman–Crippen LogP) is 2.78. The molecule has 3 rings (SSSR count). The number of likely N-dealkylation sites (tertiary alicyclic amines) is 1. The van der Waals surface area contributed by atoms with E-state index in [0.717, 1.165) is 26.1 Å². The number of hydrogen-bond donors (Lipinski definition) is 1. The zero-order valence-corrected chi connectivity index (χ0v) is 16.6. The van der Waals surface area contributed by atoms with Gasteiger partial charge in [0.1, 0.15) is 12.4 Å². The Hall–Kier alpha value is -1.89. The van der Waals surface area contributed by atoms with Gasteiger partial charge in [-0.05, 0) is 49.1 Å². The van der Waals surface area contributed by atoms with E-state index in [1.807, 2.05) is 30.3 Å². The molecule has 1 fully saturated rings. The molecule has 1 aliphatic heterocycles. The lowest BCUT2D eigenvalue weighted by Crippen LogP contribution is -2.36. The third kappa shape index (κ3) is 6.06. The number of aryl methyl sites for hydroxylation is 1. The molecule has 5 nitrogen and oxygen atoms in total. The maximum Gasteiger partial charge on any atom is 0.214 e. The Kier molecular flexibility index (Phi) is 6.88. The number of nitrogens with one attached hydrogen (secondary N) is 1. The smallest absolute Gasteiger partial charge is 0.214 e. The van der Waals surface area contributed by atoms with Crippen LogP contribution in [0.15, 0.2) is 54.6 Å². The van der Waals surface area contributed by atoms with E-state index in [0.29, 0.717) is 18.2 Å². The fourth-order valence-electron chi connectivity index (χ4n) is 3.55. The molecule has 1 heterocycles. The summed E-state index contributed by atoms with van der Waals surface area (Å²) in [5, 5.41) is 0. The lowest BCUT2D eigenvalue weighted by atomic mass is 9.94. The van der Waals surface area contributed by atoms with Crippen LogP contribution in [0.25, 0.3) is 0 Å². The predicted molar refractivity (Wildman–Crippen MR) is 109 cm³/mol. The lowest BCUT2D eigenvalue weighted by molar-refractivity contribution is 0.334. The molecule has 0 radical (unpaired) electrons. The third-order valence-corrected chi connectivity index (χ3v) is 6.36. The summed E-state index contributed by atoms with van der Waals surface area (Å²) in [6.07, 6.45) is 1.13. The quantitative estimate of drug-likeness (QED) is 0.718. The molecule has 1 saturated heterocycles. The Morgan fingerprint density at radius 2 is 1.85 bits per heavy atom. The van der Waals surface area contributed by atoms with Crippen molar-refractivity contribution in [1.82, 2.24) is 9.62 Å². The Bertz CT molecular complexity index is 824. The molecule has 0 spiro atoms. The molecule has 1 atom stereocenters. The van der Waals surface area contributed by atoms with Crippen LogP contribution in [0.5, 0.6) is 5.75 Å². The van der Waals surface area contributed by atoms with Gasteiger partial charge in [-0.1, -0.05) is 42.5 Å². The molecule has 0 amide bonds. The van der Waals surface area contributed by atoms with Gasteiger partial charge in [0.15, 0.2) is 0 Å². The molecule has 0 aliphatic carbocycles. The van der Waals surface area contributed by atoms with Crippen LogP contribution in [-0.2, 0) is 10.0 Å². The molecule has 6 heteroatoms. The Balaban J connectivity index is 1.37. The highest BCUT2D eigenvalue weighted by molar-refractivity contribution is 7.89. The first-order chi connectivity index (χ1) is 13.0. The topological polar surface area (TPSA) is 58.6 Å². The fraction of sp³-hybridized carbons (Fsp3) is 0.429. The van der Waals surface area contributed by atoms with Gasteiger partial charge in [-0.3, -0.25) is 0 Å². The highest BCUT2D eigenvalue weighted by atomic mass is 32.2. The molecular weight excluding hydrogens is 360 g/mol. The van der Waals surface area contributed by atoms with E-state index in [1.165, 1.54) is 11.1 Å². The summed E-state index contributed by atoms with van der Waals surface area (Å²) in [6.45, 7) is 5.49. The molecule has 0 aromatic heterocycles. The van der Waals surface area contributed by atoms with E-state index < -0.39 is 10.0 Å². The highest BCUT2D eigenvalue weighted by Crippen LogP contribution is 2.28. The summed E-state index contributed by atoms with van der Waals surface area (Å²) in [6, 6.07) is 17.8. The Morgan fingerprint density at radius 3 is 2.63 bits per heavy atom. The molecule has 1 unspecified atom stereocenters. The lowest BCUT2D eigenvalue weighted by Gasteiger charge is -2.17. The fourth-order valence-corrected chi connectivity index (χ4v) is 4.40. The van der Waals surface area contributed by atoms with E-state index in [1.54, 1.807) is 0 Å². The molecule has 1 aliphatic rings. The van der Waals surface area contributed by atoms with Gasteiger partial charge in [-0.25, -0.2) is 13.1 Å². The maximum absolute atomic E-state index is 12.1. The van der Waals surface area contributed by atoms with Gasteiger partial charge < -0.3 is 9.64 Å². The zero-order valence-electron chi connectivity index (χ0n) is 15.8. The van der Waals surface area contributed by atoms with Crippen LogP contribution in [0.3, 0.4) is 0 Å². The maximum atomic E-state index is 12.1. The monoisotopic (exact) mass is 388 g/mol. The van der Waals surface area contributed by atoms with Gasteiger partial charge in [-0.15, -0.1) is 0 Å². The first-order valence-corrected chi connectivity index (χ1v) is 11.1. The summed E-state index contributed by atoms with van der Waals surface area (Å²) < 4.78 is 32.4. The van der Waals surface area contributed by atoms with Gasteiger partial charge >= 0.3 is 0 Å². The molecule has 0 bridgehead atoms. The summed E-state index contributed by atoms with van der Waals surface area (Å²) in [4.78, 5) is 2.33. The number of hydrogen-bond acceptors (Lipinski definition) is 4. The molecule has 2 aromatic rings. The minimum atomic E-state index is -3.32. The van der Waals surface area contributed by atoms with Crippen LogP contribution in [0.1, 0.15) is 23.5 Å². The zero-order chi connectivity index (χ0) is 19.1. The van der Waals surface area contributed by atoms with Crippen molar-refractivity contribution >= 4 is 10.0 Å². The molecular formula is C21H28N2O3S. The normalized spacial score (nSPS) is 17.9. The van der Waals surface area contributed by atoms with Crippen LogP contribution in [0, 0.1) is 6.92 Å². The summed E-state index contributed by atoms with van der Waals surface area (Å²) in [7, 11) is -3.32. The van der Waals surface area contributed by atoms with Crippen molar-refractivity contribution in [2.24, 2.45) is 0 Å². The molecule has 2 aromatic carbocycles. The van der Waals surface area contributed by atoms with Gasteiger partial charge in [0.2, 0.25) is 10.0 Å². The second-order valence-electron chi connectivity index (χ2n) is 7.02. The third-order valence-electron chi connectivity index (χ3n) is 5.01. The van der Waals surface area contributed by atoms with Crippen LogP contribution >= 0.6 is 0 Å². The molecule has 27 heavy (non-hydrogen) atoms. The Morgan fingerprint density at radius 1 is 1.11 bits per heavy atom. The van der Waals surface area contributed by atoms with Crippen molar-refractivity contribution in [3.63, 3.8) is 0 Å². The average molecular weight is 389 g/mol. The van der Waals surface area contributed by atoms with E-state index >= 15 is 0 Å². The van der Waals surface area contributed by atoms with E-state index in [4.69, 9.17) is 4.74 Å². The number of para-hydroxylation sites is 1. The SMILES string of the molecule is Cc1ccccc1C1CCN(CCNS(=O)(=O)CCOc2ccccc2)C1. The van der Waals surface area contributed by atoms with Crippen molar-refractivity contribution in [3.05, 3.63) is 65.7 Å². The Labute approximate surface area is 162 Å². The van der Waals surface area contributed by atoms with Crippen LogP contribution in [-0.4, -0.2) is 51.9 Å². The standard InChI is InChI=1S/C21H28N2O3S/c1-18-7-5-6-10-21(18)19-11-13-23(17-19)14-12-22-27(24,25)16-15-26-20-8-3-2-4-9-20/h2-10,19,22H,11-17H2,1H3. The highest BCUT2D eigenvalue weighted by Gasteiger charge is 2.24. The van der Waals surface area contributed by atoms with Crippen molar-refractivity contribution in [3.8, 4) is 5.75 Å². The van der Waals surface area contributed by atoms with Crippen LogP contribution in [0.2, 0.25) is 0 Å². The van der Waals surface area contributed by atoms with Crippen LogP contribution < -0.4 is 9.46 Å². The molecule has 1 N–H and O–H groups in total. The number of ether oxygens (including phenoxy) is 1. The molecule has 146 valence electrons. The largest absolute Gasteiger partial charge is 0.492 e. The summed E-state index contributed by atoms with van der Waals surface area (Å²) in [5.74, 6) is 1.20. The van der Waals surface area contributed by atoms with Gasteiger partial charge in [-0.2, -0.15) is 0 Å². The van der Waals surface area contributed by atoms with Crippen LogP contribution in [0.4, 0.5) is 0 Å². The van der Waals surface area contributed by atoms with Crippen molar-refractivity contribution in [2.45, 2.75) is 19.3 Å². The number of rotatable bonds is 9. The molecule has 0 saturated carbocycles.